The van der Waals surface area contributed by atoms with Gasteiger partial charge in [-0.15, -0.1) is 0 Å². The highest BCUT2D eigenvalue weighted by Crippen LogP contribution is 2.27. The van der Waals surface area contributed by atoms with Crippen LogP contribution >= 0.6 is 11.6 Å². The Hall–Kier alpha value is -2.25. The average Bonchev–Trinajstić information content (AvgIpc) is 2.50. The molecule has 0 saturated carbocycles. The molecule has 0 aliphatic carbocycles. The molecular formula is C15H15ClN2O4S. The van der Waals surface area contributed by atoms with Crippen molar-refractivity contribution in [1.29, 1.82) is 0 Å². The molecule has 0 unspecified atom stereocenters. The number of amides is 1. The number of nitrogens with one attached hydrogen (secondary N) is 2. The van der Waals surface area contributed by atoms with Crippen LogP contribution in [0.2, 0.25) is 5.02 Å². The Morgan fingerprint density at radius 1 is 1.13 bits per heavy atom. The number of hydrogen-bond acceptors (Lipinski definition) is 4. The molecule has 0 atom stereocenters. The predicted octanol–water partition coefficient (Wildman–Crippen LogP) is 3.11. The van der Waals surface area contributed by atoms with Crippen molar-refractivity contribution in [2.75, 3.05) is 17.1 Å². The Bertz CT molecular complexity index is 820. The Balaban J connectivity index is 2.27. The van der Waals surface area contributed by atoms with Gasteiger partial charge < -0.3 is 10.1 Å². The Labute approximate surface area is 139 Å². The number of anilines is 2. The van der Waals surface area contributed by atoms with Gasteiger partial charge in [-0.25, -0.2) is 8.42 Å². The van der Waals surface area contributed by atoms with Gasteiger partial charge in [-0.3, -0.25) is 9.52 Å². The van der Waals surface area contributed by atoms with E-state index in [9.17, 15) is 13.2 Å². The first-order valence-electron chi connectivity index (χ1n) is 6.56. The quantitative estimate of drug-likeness (QED) is 0.864. The number of methoxy groups -OCH3 is 1. The van der Waals surface area contributed by atoms with E-state index in [-0.39, 0.29) is 16.5 Å². The number of sulfonamides is 1. The molecule has 2 rings (SSSR count). The minimum Gasteiger partial charge on any atom is -0.497 e. The highest BCUT2D eigenvalue weighted by molar-refractivity contribution is 7.92. The molecule has 0 heterocycles. The molecule has 0 bridgehead atoms. The van der Waals surface area contributed by atoms with Crippen LogP contribution in [0.1, 0.15) is 6.92 Å². The van der Waals surface area contributed by atoms with Crippen LogP contribution in [-0.2, 0) is 14.8 Å². The number of rotatable bonds is 5. The smallest absolute Gasteiger partial charge is 0.261 e. The molecule has 0 aliphatic heterocycles. The van der Waals surface area contributed by atoms with Gasteiger partial charge in [0.2, 0.25) is 5.91 Å². The maximum atomic E-state index is 12.3. The van der Waals surface area contributed by atoms with Gasteiger partial charge in [0.15, 0.2) is 0 Å². The average molecular weight is 355 g/mol. The number of carbonyl (C=O) groups excluding carboxylic acids is 1. The number of carbonyl (C=O) groups is 1. The first kappa shape index (κ1) is 17.1. The van der Waals surface area contributed by atoms with E-state index in [4.69, 9.17) is 16.3 Å². The number of ether oxygens (including phenoxy) is 1. The number of halogens is 1. The molecule has 6 nitrogen and oxygen atoms in total. The van der Waals surface area contributed by atoms with Crippen molar-refractivity contribution in [3.05, 3.63) is 47.5 Å². The molecule has 8 heteroatoms. The van der Waals surface area contributed by atoms with Gasteiger partial charge >= 0.3 is 0 Å². The summed E-state index contributed by atoms with van der Waals surface area (Å²) in [6.07, 6.45) is 0. The van der Waals surface area contributed by atoms with Crippen molar-refractivity contribution in [2.24, 2.45) is 0 Å². The summed E-state index contributed by atoms with van der Waals surface area (Å²) in [6.45, 7) is 1.34. The first-order chi connectivity index (χ1) is 10.8. The molecule has 0 spiro atoms. The third-order valence-electron chi connectivity index (χ3n) is 2.90. The fraction of sp³-hybridized carbons (Fsp3) is 0.133. The van der Waals surface area contributed by atoms with E-state index in [1.54, 1.807) is 12.1 Å². The summed E-state index contributed by atoms with van der Waals surface area (Å²) >= 11 is 5.96. The van der Waals surface area contributed by atoms with Crippen molar-refractivity contribution in [1.82, 2.24) is 0 Å². The second-order valence-corrected chi connectivity index (χ2v) is 6.75. The third kappa shape index (κ3) is 4.37. The Morgan fingerprint density at radius 3 is 2.35 bits per heavy atom. The summed E-state index contributed by atoms with van der Waals surface area (Å²) in [4.78, 5) is 11.2. The van der Waals surface area contributed by atoms with Crippen LogP contribution in [0.5, 0.6) is 5.75 Å². The zero-order valence-corrected chi connectivity index (χ0v) is 14.0. The summed E-state index contributed by atoms with van der Waals surface area (Å²) in [7, 11) is -2.26. The molecule has 2 N–H and O–H groups in total. The highest BCUT2D eigenvalue weighted by atomic mass is 35.5. The van der Waals surface area contributed by atoms with Crippen LogP contribution in [0.3, 0.4) is 0 Å². The second-order valence-electron chi connectivity index (χ2n) is 4.66. The molecule has 23 heavy (non-hydrogen) atoms. The summed E-state index contributed by atoms with van der Waals surface area (Å²) < 4.78 is 32.1. The molecule has 0 aliphatic rings. The van der Waals surface area contributed by atoms with Crippen LogP contribution in [0.15, 0.2) is 47.4 Å². The van der Waals surface area contributed by atoms with Crippen molar-refractivity contribution in [3.8, 4) is 5.75 Å². The second kappa shape index (κ2) is 6.89. The van der Waals surface area contributed by atoms with Crippen molar-refractivity contribution in [3.63, 3.8) is 0 Å². The van der Waals surface area contributed by atoms with Gasteiger partial charge in [-0.1, -0.05) is 11.6 Å². The van der Waals surface area contributed by atoms with Crippen molar-refractivity contribution < 1.29 is 17.9 Å². The highest BCUT2D eigenvalue weighted by Gasteiger charge is 2.15. The monoisotopic (exact) mass is 354 g/mol. The standard InChI is InChI=1S/C15H15ClN2O4S/c1-10(19)17-15-9-11(3-8-14(15)16)18-23(20,21)13-6-4-12(22-2)5-7-13/h3-9,18H,1-2H3,(H,17,19). The number of hydrogen-bond donors (Lipinski definition) is 2. The molecule has 2 aromatic carbocycles. The van der Waals surface area contributed by atoms with Crippen molar-refractivity contribution >= 4 is 38.9 Å². The fourth-order valence-corrected chi connectivity index (χ4v) is 3.06. The van der Waals surface area contributed by atoms with Gasteiger partial charge in [0.25, 0.3) is 10.0 Å². The van der Waals surface area contributed by atoms with Gasteiger partial charge in [0.05, 0.1) is 28.4 Å². The lowest BCUT2D eigenvalue weighted by Crippen LogP contribution is -2.13. The summed E-state index contributed by atoms with van der Waals surface area (Å²) in [5.74, 6) is 0.255. The maximum absolute atomic E-state index is 12.3. The van der Waals surface area contributed by atoms with Gasteiger partial charge in [-0.2, -0.15) is 0 Å². The largest absolute Gasteiger partial charge is 0.497 e. The van der Waals surface area contributed by atoms with Gasteiger partial charge in [-0.05, 0) is 42.5 Å². The van der Waals surface area contributed by atoms with Crippen molar-refractivity contribution in [2.45, 2.75) is 11.8 Å². The lowest BCUT2D eigenvalue weighted by atomic mass is 10.3. The molecule has 1 amide bonds. The van der Waals surface area contributed by atoms with E-state index < -0.39 is 10.0 Å². The van der Waals surface area contributed by atoms with E-state index >= 15 is 0 Å². The zero-order chi connectivity index (χ0) is 17.0. The Kier molecular flexibility index (Phi) is 5.12. The van der Waals surface area contributed by atoms with Crippen LogP contribution in [0, 0.1) is 0 Å². The SMILES string of the molecule is COc1ccc(S(=O)(=O)Nc2ccc(Cl)c(NC(C)=O)c2)cc1. The van der Waals surface area contributed by atoms with Crippen LogP contribution < -0.4 is 14.8 Å². The number of benzene rings is 2. The third-order valence-corrected chi connectivity index (χ3v) is 4.63. The van der Waals surface area contributed by atoms with Crippen LogP contribution in [-0.4, -0.2) is 21.4 Å². The molecule has 2 aromatic rings. The molecule has 0 fully saturated rings. The van der Waals surface area contributed by atoms with E-state index in [1.807, 2.05) is 0 Å². The summed E-state index contributed by atoms with van der Waals surface area (Å²) in [5, 5.41) is 2.84. The molecule has 0 radical (unpaired) electrons. The molecule has 0 aromatic heterocycles. The van der Waals surface area contributed by atoms with Gasteiger partial charge in [0.1, 0.15) is 5.75 Å². The minimum absolute atomic E-state index is 0.0920. The predicted molar refractivity (Wildman–Crippen MR) is 89.6 cm³/mol. The Morgan fingerprint density at radius 2 is 1.78 bits per heavy atom. The van der Waals surface area contributed by atoms with E-state index in [0.29, 0.717) is 16.5 Å². The molecule has 122 valence electrons. The lowest BCUT2D eigenvalue weighted by Gasteiger charge is -2.11. The topological polar surface area (TPSA) is 84.5 Å². The zero-order valence-electron chi connectivity index (χ0n) is 12.5. The van der Waals surface area contributed by atoms with E-state index in [2.05, 4.69) is 10.0 Å². The minimum atomic E-state index is -3.76. The summed E-state index contributed by atoms with van der Waals surface area (Å²) in [6, 6.07) is 10.4. The summed E-state index contributed by atoms with van der Waals surface area (Å²) in [5.41, 5.74) is 0.614. The fourth-order valence-electron chi connectivity index (χ4n) is 1.84. The normalized spacial score (nSPS) is 10.9. The lowest BCUT2D eigenvalue weighted by molar-refractivity contribution is -0.114. The maximum Gasteiger partial charge on any atom is 0.261 e. The van der Waals surface area contributed by atoms with Crippen LogP contribution in [0.25, 0.3) is 0 Å². The first-order valence-corrected chi connectivity index (χ1v) is 8.42. The van der Waals surface area contributed by atoms with Gasteiger partial charge in [0, 0.05) is 6.92 Å². The van der Waals surface area contributed by atoms with E-state index in [1.165, 1.54) is 44.4 Å². The van der Waals surface area contributed by atoms with E-state index in [0.717, 1.165) is 0 Å². The molecular weight excluding hydrogens is 340 g/mol. The van der Waals surface area contributed by atoms with Crippen LogP contribution in [0.4, 0.5) is 11.4 Å². The molecule has 0 saturated heterocycles.